The molecule has 0 saturated carbocycles. The maximum atomic E-state index is 8.94. The summed E-state index contributed by atoms with van der Waals surface area (Å²) in [7, 11) is 0. The molecule has 0 saturated heterocycles. The Balaban J connectivity index is 3.57. The van der Waals surface area contributed by atoms with Crippen LogP contribution < -0.4 is 0 Å². The van der Waals surface area contributed by atoms with Gasteiger partial charge in [0.25, 0.3) is 0 Å². The molecule has 0 aromatic rings. The van der Waals surface area contributed by atoms with Gasteiger partial charge in [-0.05, 0) is 25.7 Å². The molecule has 0 aliphatic carbocycles. The maximum absolute atomic E-state index is 8.94. The van der Waals surface area contributed by atoms with Crippen molar-refractivity contribution in [2.45, 2.75) is 59.4 Å². The fourth-order valence-electron chi connectivity index (χ4n) is 1.35. The molecule has 0 aromatic carbocycles. The van der Waals surface area contributed by atoms with Crippen molar-refractivity contribution in [1.29, 1.82) is 0 Å². The van der Waals surface area contributed by atoms with E-state index in [0.29, 0.717) is 25.6 Å². The van der Waals surface area contributed by atoms with Gasteiger partial charge in [-0.15, -0.1) is 0 Å². The van der Waals surface area contributed by atoms with Gasteiger partial charge in [0.1, 0.15) is 0 Å². The lowest BCUT2D eigenvalue weighted by molar-refractivity contribution is -0.175. The summed E-state index contributed by atoms with van der Waals surface area (Å²) >= 11 is 0. The SMILES string of the molecule is CCC(C)OC(CCO)OCCCOCC(C)C. The third kappa shape index (κ3) is 11.0. The first-order valence-electron chi connectivity index (χ1n) is 7.05. The van der Waals surface area contributed by atoms with Crippen LogP contribution in [0.15, 0.2) is 0 Å². The van der Waals surface area contributed by atoms with Gasteiger partial charge in [0.2, 0.25) is 0 Å². The van der Waals surface area contributed by atoms with E-state index in [-0.39, 0.29) is 19.0 Å². The molecule has 4 heteroatoms. The van der Waals surface area contributed by atoms with E-state index >= 15 is 0 Å². The number of hydrogen-bond acceptors (Lipinski definition) is 4. The van der Waals surface area contributed by atoms with Gasteiger partial charge in [0.05, 0.1) is 12.7 Å². The van der Waals surface area contributed by atoms with Gasteiger partial charge in [0, 0.05) is 26.2 Å². The van der Waals surface area contributed by atoms with E-state index < -0.39 is 0 Å². The number of ether oxygens (including phenoxy) is 3. The number of aliphatic hydroxyl groups is 1. The summed E-state index contributed by atoms with van der Waals surface area (Å²) in [5.41, 5.74) is 0. The Bertz CT molecular complexity index is 173. The van der Waals surface area contributed by atoms with Crippen LogP contribution in [0, 0.1) is 5.92 Å². The van der Waals surface area contributed by atoms with Crippen LogP contribution in [-0.2, 0) is 14.2 Å². The lowest BCUT2D eigenvalue weighted by Gasteiger charge is -2.21. The lowest BCUT2D eigenvalue weighted by Crippen LogP contribution is -2.24. The molecule has 0 aromatic heterocycles. The first kappa shape index (κ1) is 17.8. The Kier molecular flexibility index (Phi) is 11.8. The normalized spacial score (nSPS) is 15.0. The second-order valence-corrected chi connectivity index (χ2v) is 4.99. The van der Waals surface area contributed by atoms with E-state index in [1.54, 1.807) is 0 Å². The second kappa shape index (κ2) is 11.9. The van der Waals surface area contributed by atoms with E-state index in [1.165, 1.54) is 0 Å². The van der Waals surface area contributed by atoms with Gasteiger partial charge in [-0.25, -0.2) is 0 Å². The summed E-state index contributed by atoms with van der Waals surface area (Å²) in [5.74, 6) is 0.571. The van der Waals surface area contributed by atoms with Crippen molar-refractivity contribution in [2.24, 2.45) is 5.92 Å². The van der Waals surface area contributed by atoms with Crippen molar-refractivity contribution in [3.05, 3.63) is 0 Å². The van der Waals surface area contributed by atoms with Crippen LogP contribution in [0.3, 0.4) is 0 Å². The maximum Gasteiger partial charge on any atom is 0.160 e. The quantitative estimate of drug-likeness (QED) is 0.434. The van der Waals surface area contributed by atoms with Gasteiger partial charge >= 0.3 is 0 Å². The van der Waals surface area contributed by atoms with Crippen LogP contribution in [0.25, 0.3) is 0 Å². The van der Waals surface area contributed by atoms with Crippen molar-refractivity contribution in [1.82, 2.24) is 0 Å². The summed E-state index contributed by atoms with van der Waals surface area (Å²) < 4.78 is 16.7. The molecule has 0 aliphatic heterocycles. The summed E-state index contributed by atoms with van der Waals surface area (Å²) in [5, 5.41) is 8.94. The zero-order chi connectivity index (χ0) is 13.8. The van der Waals surface area contributed by atoms with Crippen molar-refractivity contribution in [3.63, 3.8) is 0 Å². The molecule has 1 N–H and O–H groups in total. The largest absolute Gasteiger partial charge is 0.396 e. The second-order valence-electron chi connectivity index (χ2n) is 4.99. The van der Waals surface area contributed by atoms with E-state index in [4.69, 9.17) is 19.3 Å². The molecule has 2 atom stereocenters. The zero-order valence-corrected chi connectivity index (χ0v) is 12.4. The van der Waals surface area contributed by atoms with Crippen LogP contribution in [0.4, 0.5) is 0 Å². The monoisotopic (exact) mass is 262 g/mol. The van der Waals surface area contributed by atoms with Crippen molar-refractivity contribution in [3.8, 4) is 0 Å². The highest BCUT2D eigenvalue weighted by atomic mass is 16.7. The molecular weight excluding hydrogens is 232 g/mol. The van der Waals surface area contributed by atoms with Crippen molar-refractivity contribution < 1.29 is 19.3 Å². The predicted octanol–water partition coefficient (Wildman–Crippen LogP) is 2.59. The Labute approximate surface area is 112 Å². The fourth-order valence-corrected chi connectivity index (χ4v) is 1.35. The number of hydrogen-bond donors (Lipinski definition) is 1. The fraction of sp³-hybridized carbons (Fsp3) is 1.00. The zero-order valence-electron chi connectivity index (χ0n) is 12.4. The van der Waals surface area contributed by atoms with Crippen LogP contribution in [0.5, 0.6) is 0 Å². The molecule has 0 radical (unpaired) electrons. The highest BCUT2D eigenvalue weighted by Gasteiger charge is 2.12. The first-order chi connectivity index (χ1) is 8.60. The predicted molar refractivity (Wildman–Crippen MR) is 72.6 cm³/mol. The topological polar surface area (TPSA) is 47.9 Å². The molecular formula is C14H30O4. The van der Waals surface area contributed by atoms with Gasteiger partial charge in [-0.2, -0.15) is 0 Å². The summed E-state index contributed by atoms with van der Waals surface area (Å²) in [6, 6.07) is 0. The first-order valence-corrected chi connectivity index (χ1v) is 7.05. The minimum absolute atomic E-state index is 0.0882. The molecule has 4 nitrogen and oxygen atoms in total. The Morgan fingerprint density at radius 3 is 2.39 bits per heavy atom. The van der Waals surface area contributed by atoms with E-state index in [2.05, 4.69) is 20.8 Å². The lowest BCUT2D eigenvalue weighted by atomic mass is 10.2. The molecule has 0 fully saturated rings. The van der Waals surface area contributed by atoms with Crippen LogP contribution in [0.1, 0.15) is 47.0 Å². The molecule has 110 valence electrons. The highest BCUT2D eigenvalue weighted by molar-refractivity contribution is 4.51. The van der Waals surface area contributed by atoms with Gasteiger partial charge in [-0.3, -0.25) is 0 Å². The molecule has 0 heterocycles. The van der Waals surface area contributed by atoms with E-state index in [1.807, 2.05) is 6.92 Å². The molecule has 2 unspecified atom stereocenters. The van der Waals surface area contributed by atoms with Crippen molar-refractivity contribution in [2.75, 3.05) is 26.4 Å². The molecule has 0 bridgehead atoms. The third-order valence-corrected chi connectivity index (χ3v) is 2.51. The van der Waals surface area contributed by atoms with E-state index in [9.17, 15) is 0 Å². The summed E-state index contributed by atoms with van der Waals surface area (Å²) in [6.07, 6.45) is 2.20. The van der Waals surface area contributed by atoms with Gasteiger partial charge in [-0.1, -0.05) is 20.8 Å². The average Bonchev–Trinajstić information content (AvgIpc) is 2.33. The van der Waals surface area contributed by atoms with E-state index in [0.717, 1.165) is 19.4 Å². The Morgan fingerprint density at radius 1 is 1.11 bits per heavy atom. The minimum atomic E-state index is -0.296. The Hall–Kier alpha value is -0.160. The van der Waals surface area contributed by atoms with Crippen LogP contribution >= 0.6 is 0 Å². The molecule has 0 amide bonds. The van der Waals surface area contributed by atoms with Crippen LogP contribution in [0.2, 0.25) is 0 Å². The number of aliphatic hydroxyl groups excluding tert-OH is 1. The highest BCUT2D eigenvalue weighted by Crippen LogP contribution is 2.07. The Morgan fingerprint density at radius 2 is 1.83 bits per heavy atom. The van der Waals surface area contributed by atoms with Gasteiger partial charge in [0.15, 0.2) is 6.29 Å². The molecule has 18 heavy (non-hydrogen) atoms. The van der Waals surface area contributed by atoms with Crippen molar-refractivity contribution >= 4 is 0 Å². The summed E-state index contributed by atoms with van der Waals surface area (Å²) in [6.45, 7) is 10.6. The average molecular weight is 262 g/mol. The smallest absolute Gasteiger partial charge is 0.160 e. The molecule has 0 rings (SSSR count). The van der Waals surface area contributed by atoms with Gasteiger partial charge < -0.3 is 19.3 Å². The third-order valence-electron chi connectivity index (χ3n) is 2.51. The minimum Gasteiger partial charge on any atom is -0.396 e. The van der Waals surface area contributed by atoms with Crippen LogP contribution in [-0.4, -0.2) is 43.9 Å². The standard InChI is InChI=1S/C14H30O4/c1-5-13(4)18-14(7-8-15)17-10-6-9-16-11-12(2)3/h12-15H,5-11H2,1-4H3. The molecule has 0 aliphatic rings. The number of rotatable bonds is 12. The molecule has 0 spiro atoms. The summed E-state index contributed by atoms with van der Waals surface area (Å²) in [4.78, 5) is 0.